The van der Waals surface area contributed by atoms with Crippen LogP contribution in [0.15, 0.2) is 10.4 Å². The highest BCUT2D eigenvalue weighted by molar-refractivity contribution is 8.03. The van der Waals surface area contributed by atoms with Gasteiger partial charge in [0.15, 0.2) is 0 Å². The van der Waals surface area contributed by atoms with Crippen LogP contribution >= 0.6 is 23.1 Å². The third kappa shape index (κ3) is 2.40. The van der Waals surface area contributed by atoms with E-state index in [0.29, 0.717) is 11.8 Å². The van der Waals surface area contributed by atoms with E-state index < -0.39 is 0 Å². The fourth-order valence-corrected chi connectivity index (χ4v) is 3.49. The number of amides is 1. The summed E-state index contributed by atoms with van der Waals surface area (Å²) in [4.78, 5) is 18.4. The minimum absolute atomic E-state index is 0.300. The Bertz CT molecular complexity index is 477. The number of rotatable bonds is 2. The number of aryl methyl sites for hydroxylation is 1. The zero-order valence-electron chi connectivity index (χ0n) is 9.68. The lowest BCUT2D eigenvalue weighted by Crippen LogP contribution is -2.27. The van der Waals surface area contributed by atoms with Crippen LogP contribution in [0.25, 0.3) is 6.08 Å². The molecule has 0 unspecified atom stereocenters. The minimum atomic E-state index is 0.300. The second kappa shape index (κ2) is 4.46. The maximum atomic E-state index is 12.1. The van der Waals surface area contributed by atoms with Gasteiger partial charge in [-0.25, -0.2) is 4.98 Å². The molecule has 2 aliphatic rings. The molecule has 5 heteroatoms. The highest BCUT2D eigenvalue weighted by Gasteiger charge is 2.36. The van der Waals surface area contributed by atoms with E-state index >= 15 is 0 Å². The van der Waals surface area contributed by atoms with Crippen molar-refractivity contribution in [1.82, 2.24) is 9.88 Å². The van der Waals surface area contributed by atoms with Gasteiger partial charge < -0.3 is 4.90 Å². The van der Waals surface area contributed by atoms with Gasteiger partial charge in [0, 0.05) is 23.6 Å². The zero-order valence-corrected chi connectivity index (χ0v) is 11.3. The Kier molecular flexibility index (Phi) is 2.96. The molecule has 1 saturated heterocycles. The highest BCUT2D eigenvalue weighted by Crippen LogP contribution is 2.37. The van der Waals surface area contributed by atoms with Crippen molar-refractivity contribution in [1.29, 1.82) is 0 Å². The standard InChI is InChI=1S/C12H14N2OS2/c1-8-13-10(7-17-8)6-11-14(4-5-16-11)12(15)9-2-3-9/h6-7,9H,2-5H2,1H3/b11-6+. The van der Waals surface area contributed by atoms with Gasteiger partial charge in [-0.15, -0.1) is 23.1 Å². The molecule has 1 amide bonds. The molecule has 1 aliphatic heterocycles. The molecule has 1 saturated carbocycles. The quantitative estimate of drug-likeness (QED) is 0.825. The lowest BCUT2D eigenvalue weighted by molar-refractivity contribution is -0.129. The molecule has 2 heterocycles. The van der Waals surface area contributed by atoms with Crippen molar-refractivity contribution < 1.29 is 4.79 Å². The molecule has 3 nitrogen and oxygen atoms in total. The number of thiazole rings is 1. The first-order valence-corrected chi connectivity index (χ1v) is 7.68. The van der Waals surface area contributed by atoms with Gasteiger partial charge in [0.05, 0.1) is 15.7 Å². The van der Waals surface area contributed by atoms with Gasteiger partial charge >= 0.3 is 0 Å². The van der Waals surface area contributed by atoms with E-state index in [1.54, 1.807) is 23.1 Å². The first-order valence-electron chi connectivity index (χ1n) is 5.82. The SMILES string of the molecule is Cc1nc(/C=C2/SCCN2C(=O)C2CC2)cs1. The van der Waals surface area contributed by atoms with Gasteiger partial charge in [0.1, 0.15) is 0 Å². The van der Waals surface area contributed by atoms with E-state index in [1.165, 1.54) is 0 Å². The topological polar surface area (TPSA) is 33.2 Å². The first kappa shape index (κ1) is 11.3. The largest absolute Gasteiger partial charge is 0.306 e. The Morgan fingerprint density at radius 2 is 2.41 bits per heavy atom. The van der Waals surface area contributed by atoms with Crippen LogP contribution in [0.4, 0.5) is 0 Å². The van der Waals surface area contributed by atoms with Crippen LogP contribution in [0.2, 0.25) is 0 Å². The van der Waals surface area contributed by atoms with E-state index in [2.05, 4.69) is 4.98 Å². The Morgan fingerprint density at radius 3 is 3.06 bits per heavy atom. The molecule has 2 fully saturated rings. The number of aromatic nitrogens is 1. The van der Waals surface area contributed by atoms with Gasteiger partial charge in [-0.05, 0) is 25.8 Å². The summed E-state index contributed by atoms with van der Waals surface area (Å²) >= 11 is 3.41. The molecule has 3 rings (SSSR count). The molecular weight excluding hydrogens is 252 g/mol. The van der Waals surface area contributed by atoms with Crippen molar-refractivity contribution in [2.24, 2.45) is 5.92 Å². The summed E-state index contributed by atoms with van der Waals surface area (Å²) in [5.41, 5.74) is 0.977. The summed E-state index contributed by atoms with van der Waals surface area (Å²) in [6.07, 6.45) is 4.19. The zero-order chi connectivity index (χ0) is 11.8. The minimum Gasteiger partial charge on any atom is -0.306 e. The third-order valence-corrected chi connectivity index (χ3v) is 4.74. The lowest BCUT2D eigenvalue weighted by Gasteiger charge is -2.16. The fourth-order valence-electron chi connectivity index (χ4n) is 1.89. The molecule has 17 heavy (non-hydrogen) atoms. The molecular formula is C12H14N2OS2. The molecule has 1 aromatic heterocycles. The van der Waals surface area contributed by atoms with Crippen molar-refractivity contribution in [2.45, 2.75) is 19.8 Å². The maximum Gasteiger partial charge on any atom is 0.230 e. The molecule has 0 aromatic carbocycles. The van der Waals surface area contributed by atoms with Crippen LogP contribution in [0.3, 0.4) is 0 Å². The lowest BCUT2D eigenvalue weighted by atomic mass is 10.3. The summed E-state index contributed by atoms with van der Waals surface area (Å²) in [5, 5.41) is 4.19. The molecule has 0 spiro atoms. The van der Waals surface area contributed by atoms with Crippen LogP contribution in [0.1, 0.15) is 23.5 Å². The van der Waals surface area contributed by atoms with E-state index in [1.807, 2.05) is 23.3 Å². The maximum absolute atomic E-state index is 12.1. The van der Waals surface area contributed by atoms with Crippen molar-refractivity contribution in [3.05, 3.63) is 21.1 Å². The average Bonchev–Trinajstić information content (AvgIpc) is 2.94. The first-order chi connectivity index (χ1) is 8.24. The molecule has 90 valence electrons. The molecule has 0 N–H and O–H groups in total. The predicted molar refractivity (Wildman–Crippen MR) is 71.7 cm³/mol. The van der Waals surface area contributed by atoms with Gasteiger partial charge in [-0.3, -0.25) is 4.79 Å². The van der Waals surface area contributed by atoms with Crippen LogP contribution in [-0.2, 0) is 4.79 Å². The van der Waals surface area contributed by atoms with Crippen LogP contribution in [0.5, 0.6) is 0 Å². The summed E-state index contributed by atoms with van der Waals surface area (Å²) in [5.74, 6) is 1.62. The molecule has 0 atom stereocenters. The Hall–Kier alpha value is -0.810. The van der Waals surface area contributed by atoms with Crippen molar-refractivity contribution in [3.63, 3.8) is 0 Å². The van der Waals surface area contributed by atoms with Gasteiger partial charge in [0.2, 0.25) is 5.91 Å². The number of nitrogens with zero attached hydrogens (tertiary/aromatic N) is 2. The van der Waals surface area contributed by atoms with Gasteiger partial charge in [-0.1, -0.05) is 0 Å². The summed E-state index contributed by atoms with van der Waals surface area (Å²) in [7, 11) is 0. The second-order valence-corrected chi connectivity index (χ2v) is 6.56. The molecule has 0 radical (unpaired) electrons. The van der Waals surface area contributed by atoms with Crippen molar-refractivity contribution in [2.75, 3.05) is 12.3 Å². The van der Waals surface area contributed by atoms with Crippen molar-refractivity contribution >= 4 is 35.1 Å². The molecule has 1 aromatic rings. The van der Waals surface area contributed by atoms with Gasteiger partial charge in [0.25, 0.3) is 0 Å². The van der Waals surface area contributed by atoms with E-state index in [9.17, 15) is 4.79 Å². The van der Waals surface area contributed by atoms with Crippen LogP contribution in [-0.4, -0.2) is 28.1 Å². The monoisotopic (exact) mass is 266 g/mol. The Labute approximate surface area is 109 Å². The van der Waals surface area contributed by atoms with Crippen molar-refractivity contribution in [3.8, 4) is 0 Å². The Morgan fingerprint density at radius 1 is 1.59 bits per heavy atom. The number of hydrogen-bond donors (Lipinski definition) is 0. The summed E-state index contributed by atoms with van der Waals surface area (Å²) in [6.45, 7) is 2.86. The molecule has 1 aliphatic carbocycles. The number of hydrogen-bond acceptors (Lipinski definition) is 4. The summed E-state index contributed by atoms with van der Waals surface area (Å²) < 4.78 is 0. The smallest absolute Gasteiger partial charge is 0.230 e. The van der Waals surface area contributed by atoms with E-state index in [4.69, 9.17) is 0 Å². The van der Waals surface area contributed by atoms with E-state index in [0.717, 1.165) is 40.9 Å². The third-order valence-electron chi connectivity index (χ3n) is 2.93. The average molecular weight is 266 g/mol. The molecule has 0 bridgehead atoms. The fraction of sp³-hybridized carbons (Fsp3) is 0.500. The predicted octanol–water partition coefficient (Wildman–Crippen LogP) is 2.74. The Balaban J connectivity index is 1.81. The number of carbonyl (C=O) groups is 1. The normalized spacial score (nSPS) is 22.4. The number of thioether (sulfide) groups is 1. The number of carbonyl (C=O) groups excluding carboxylic acids is 1. The second-order valence-electron chi connectivity index (χ2n) is 4.39. The van der Waals surface area contributed by atoms with E-state index in [-0.39, 0.29) is 0 Å². The van der Waals surface area contributed by atoms with Crippen LogP contribution < -0.4 is 0 Å². The highest BCUT2D eigenvalue weighted by atomic mass is 32.2. The van der Waals surface area contributed by atoms with Gasteiger partial charge in [-0.2, -0.15) is 0 Å². The summed E-state index contributed by atoms with van der Waals surface area (Å²) in [6, 6.07) is 0. The van der Waals surface area contributed by atoms with Crippen LogP contribution in [0, 0.1) is 12.8 Å².